The monoisotopic (exact) mass is 483 g/mol. The van der Waals surface area contributed by atoms with E-state index >= 15 is 0 Å². The predicted octanol–water partition coefficient (Wildman–Crippen LogP) is 6.00. The number of hydrogen-bond acceptors (Lipinski definition) is 5. The van der Waals surface area contributed by atoms with Crippen molar-refractivity contribution in [3.63, 3.8) is 0 Å². The summed E-state index contributed by atoms with van der Waals surface area (Å²) in [6, 6.07) is 19.5. The van der Waals surface area contributed by atoms with Crippen molar-refractivity contribution >= 4 is 11.0 Å². The van der Waals surface area contributed by atoms with Gasteiger partial charge >= 0.3 is 0 Å². The zero-order valence-electron chi connectivity index (χ0n) is 21.5. The molecule has 3 heterocycles. The first-order chi connectivity index (χ1) is 17.7. The first kappa shape index (κ1) is 24.7. The largest absolute Gasteiger partial charge is 0.464 e. The predicted molar refractivity (Wildman–Crippen MR) is 146 cm³/mol. The van der Waals surface area contributed by atoms with Crippen molar-refractivity contribution in [1.82, 2.24) is 14.8 Å². The maximum atomic E-state index is 5.88. The molecule has 5 nitrogen and oxygen atoms in total. The summed E-state index contributed by atoms with van der Waals surface area (Å²) in [6.45, 7) is 9.82. The molecule has 1 atom stereocenters. The smallest absolute Gasteiger partial charge is 0.134 e. The van der Waals surface area contributed by atoms with Gasteiger partial charge in [0.05, 0.1) is 12.9 Å². The van der Waals surface area contributed by atoms with Crippen molar-refractivity contribution in [2.45, 2.75) is 32.3 Å². The number of aryl methyl sites for hydroxylation is 1. The van der Waals surface area contributed by atoms with Crippen LogP contribution >= 0.6 is 0 Å². The molecule has 0 saturated carbocycles. The lowest BCUT2D eigenvalue weighted by Gasteiger charge is -2.36. The van der Waals surface area contributed by atoms with E-state index in [4.69, 9.17) is 9.15 Å². The Hall–Kier alpha value is -2.99. The number of fused-ring (bicyclic) bond motifs is 1. The third-order valence-electron chi connectivity index (χ3n) is 7.38. The van der Waals surface area contributed by atoms with E-state index in [1.807, 2.05) is 18.7 Å². The van der Waals surface area contributed by atoms with Gasteiger partial charge in [-0.05, 0) is 65.8 Å². The van der Waals surface area contributed by atoms with Crippen molar-refractivity contribution in [3.05, 3.63) is 89.9 Å². The van der Waals surface area contributed by atoms with Crippen LogP contribution in [0.5, 0.6) is 0 Å². The van der Waals surface area contributed by atoms with E-state index in [1.54, 1.807) is 7.11 Å². The maximum absolute atomic E-state index is 5.88. The van der Waals surface area contributed by atoms with Gasteiger partial charge in [0.1, 0.15) is 5.58 Å². The minimum atomic E-state index is 0.570. The summed E-state index contributed by atoms with van der Waals surface area (Å²) in [5.41, 5.74) is 7.04. The zero-order chi connectivity index (χ0) is 24.7. The minimum absolute atomic E-state index is 0.570. The summed E-state index contributed by atoms with van der Waals surface area (Å²) in [6.07, 6.45) is 7.89. The number of aromatic nitrogens is 1. The highest BCUT2D eigenvalue weighted by atomic mass is 16.5. The van der Waals surface area contributed by atoms with E-state index in [9.17, 15) is 0 Å². The number of rotatable bonds is 10. The standard InChI is InChI=1S/C31H37N3O2/c1-24(26-7-4-3-5-8-26)21-34-15-13-33(14-16-34)12-6-9-28-23-36-31-11-10-27(18-30(28)31)29-17-25(22-35-2)19-32-20-29/h3-5,7-8,10-11,17-20,23-24H,6,9,12-16,21-22H2,1-2H3. The number of piperazine rings is 1. The quantitative estimate of drug-likeness (QED) is 0.277. The van der Waals surface area contributed by atoms with Crippen LogP contribution in [0.25, 0.3) is 22.1 Å². The third-order valence-corrected chi connectivity index (χ3v) is 7.38. The summed E-state index contributed by atoms with van der Waals surface area (Å²) in [5, 5.41) is 1.21. The number of methoxy groups -OCH3 is 1. The summed E-state index contributed by atoms with van der Waals surface area (Å²) in [7, 11) is 1.71. The van der Waals surface area contributed by atoms with E-state index in [0.717, 1.165) is 74.4 Å². The van der Waals surface area contributed by atoms with E-state index in [0.29, 0.717) is 12.5 Å². The van der Waals surface area contributed by atoms with Crippen LogP contribution in [0.4, 0.5) is 0 Å². The molecule has 4 aromatic rings. The molecule has 5 heteroatoms. The molecule has 36 heavy (non-hydrogen) atoms. The first-order valence-electron chi connectivity index (χ1n) is 13.1. The normalized spacial score (nSPS) is 15.9. The number of ether oxygens (including phenoxy) is 1. The van der Waals surface area contributed by atoms with Gasteiger partial charge in [0, 0.05) is 63.2 Å². The van der Waals surface area contributed by atoms with Crippen LogP contribution in [0.1, 0.15) is 36.0 Å². The fraction of sp³-hybridized carbons (Fsp3) is 0.387. The van der Waals surface area contributed by atoms with Crippen LogP contribution in [0, 0.1) is 0 Å². The van der Waals surface area contributed by atoms with Crippen LogP contribution in [-0.4, -0.2) is 61.2 Å². The third kappa shape index (κ3) is 6.04. The highest BCUT2D eigenvalue weighted by Gasteiger charge is 2.19. The lowest BCUT2D eigenvalue weighted by atomic mass is 10.0. The van der Waals surface area contributed by atoms with Crippen LogP contribution in [0.2, 0.25) is 0 Å². The van der Waals surface area contributed by atoms with Crippen molar-refractivity contribution in [3.8, 4) is 11.1 Å². The van der Waals surface area contributed by atoms with Crippen molar-refractivity contribution in [1.29, 1.82) is 0 Å². The Balaban J connectivity index is 1.13. The first-order valence-corrected chi connectivity index (χ1v) is 13.1. The molecular formula is C31H37N3O2. The Labute approximate surface area is 214 Å². The number of pyridine rings is 1. The summed E-state index contributed by atoms with van der Waals surface area (Å²) < 4.78 is 11.1. The van der Waals surface area contributed by atoms with Crippen LogP contribution in [0.15, 0.2) is 77.7 Å². The molecule has 1 saturated heterocycles. The molecule has 0 amide bonds. The Bertz CT molecular complexity index is 1250. The summed E-state index contributed by atoms with van der Waals surface area (Å²) in [4.78, 5) is 9.63. The highest BCUT2D eigenvalue weighted by molar-refractivity contribution is 5.86. The van der Waals surface area contributed by atoms with E-state index < -0.39 is 0 Å². The zero-order valence-corrected chi connectivity index (χ0v) is 21.5. The van der Waals surface area contributed by atoms with Crippen LogP contribution < -0.4 is 0 Å². The topological polar surface area (TPSA) is 41.7 Å². The van der Waals surface area contributed by atoms with Crippen molar-refractivity contribution in [2.75, 3.05) is 46.4 Å². The average molecular weight is 484 g/mol. The molecule has 2 aromatic heterocycles. The van der Waals surface area contributed by atoms with E-state index in [1.165, 1.54) is 16.5 Å². The SMILES string of the molecule is COCc1cncc(-c2ccc3occ(CCCN4CCN(CC(C)c5ccccc5)CC4)c3c2)c1. The second kappa shape index (κ2) is 11.8. The average Bonchev–Trinajstić information content (AvgIpc) is 3.33. The highest BCUT2D eigenvalue weighted by Crippen LogP contribution is 2.29. The van der Waals surface area contributed by atoms with Gasteiger partial charge in [-0.25, -0.2) is 0 Å². The van der Waals surface area contributed by atoms with Gasteiger partial charge in [-0.3, -0.25) is 4.98 Å². The number of furan rings is 1. The molecule has 2 aromatic carbocycles. The fourth-order valence-corrected chi connectivity index (χ4v) is 5.31. The lowest BCUT2D eigenvalue weighted by Crippen LogP contribution is -2.47. The second-order valence-electron chi connectivity index (χ2n) is 10.0. The molecule has 188 valence electrons. The molecule has 0 radical (unpaired) electrons. The Morgan fingerprint density at radius 3 is 2.56 bits per heavy atom. The minimum Gasteiger partial charge on any atom is -0.464 e. The van der Waals surface area contributed by atoms with Gasteiger partial charge in [0.15, 0.2) is 0 Å². The molecule has 1 aliphatic rings. The fourth-order valence-electron chi connectivity index (χ4n) is 5.31. The van der Waals surface area contributed by atoms with Crippen LogP contribution in [0.3, 0.4) is 0 Å². The van der Waals surface area contributed by atoms with Gasteiger partial charge in [0.25, 0.3) is 0 Å². The van der Waals surface area contributed by atoms with E-state index in [2.05, 4.69) is 76.3 Å². The second-order valence-corrected chi connectivity index (χ2v) is 10.0. The molecule has 0 aliphatic carbocycles. The number of hydrogen-bond donors (Lipinski definition) is 0. The Kier molecular flexibility index (Phi) is 8.11. The molecule has 0 spiro atoms. The van der Waals surface area contributed by atoms with Gasteiger partial charge in [0.2, 0.25) is 0 Å². The molecule has 1 aliphatic heterocycles. The lowest BCUT2D eigenvalue weighted by molar-refractivity contribution is 0.127. The molecule has 1 unspecified atom stereocenters. The Morgan fingerprint density at radius 1 is 0.944 bits per heavy atom. The van der Waals surface area contributed by atoms with E-state index in [-0.39, 0.29) is 0 Å². The number of benzene rings is 2. The Morgan fingerprint density at radius 2 is 1.75 bits per heavy atom. The van der Waals surface area contributed by atoms with Crippen molar-refractivity contribution < 1.29 is 9.15 Å². The van der Waals surface area contributed by atoms with Crippen LogP contribution in [-0.2, 0) is 17.8 Å². The maximum Gasteiger partial charge on any atom is 0.134 e. The number of nitrogens with zero attached hydrogens (tertiary/aromatic N) is 3. The molecule has 5 rings (SSSR count). The molecule has 0 bridgehead atoms. The van der Waals surface area contributed by atoms with Crippen molar-refractivity contribution in [2.24, 2.45) is 0 Å². The molecular weight excluding hydrogens is 446 g/mol. The molecule has 1 fully saturated rings. The molecule has 0 N–H and O–H groups in total. The van der Waals surface area contributed by atoms with Gasteiger partial charge in [-0.1, -0.05) is 43.3 Å². The van der Waals surface area contributed by atoms with Gasteiger partial charge in [-0.2, -0.15) is 0 Å². The summed E-state index contributed by atoms with van der Waals surface area (Å²) >= 11 is 0. The van der Waals surface area contributed by atoms with Gasteiger partial charge < -0.3 is 19.0 Å². The summed E-state index contributed by atoms with van der Waals surface area (Å²) in [5.74, 6) is 0.579. The van der Waals surface area contributed by atoms with Gasteiger partial charge in [-0.15, -0.1) is 0 Å².